The Balaban J connectivity index is 1.95. The zero-order chi connectivity index (χ0) is 16.0. The lowest BCUT2D eigenvalue weighted by Gasteiger charge is -2.18. The predicted molar refractivity (Wildman–Crippen MR) is 93.8 cm³/mol. The molecule has 0 aromatic heterocycles. The summed E-state index contributed by atoms with van der Waals surface area (Å²) in [6.45, 7) is 1.00. The van der Waals surface area contributed by atoms with Crippen LogP contribution in [0.3, 0.4) is 0 Å². The largest absolute Gasteiger partial charge is 0.377 e. The molecule has 3 nitrogen and oxygen atoms in total. The molecule has 4 rings (SSSR count). The van der Waals surface area contributed by atoms with Crippen molar-refractivity contribution in [2.24, 2.45) is 0 Å². The molecule has 2 aliphatic rings. The Kier molecular flexibility index (Phi) is 3.38. The van der Waals surface area contributed by atoms with Crippen LogP contribution in [0, 0.1) is 0 Å². The number of rotatable bonds is 1. The van der Waals surface area contributed by atoms with E-state index in [1.807, 2.05) is 48.5 Å². The molecule has 116 valence electrons. The molecule has 2 aromatic carbocycles. The van der Waals surface area contributed by atoms with Gasteiger partial charge in [-0.15, -0.1) is 0 Å². The van der Waals surface area contributed by atoms with Crippen LogP contribution >= 0.6 is 11.6 Å². The smallest absolute Gasteiger partial charge is 0.265 e. The quantitative estimate of drug-likeness (QED) is 0.723. The number of carbonyl (C=O) groups excluding carboxylic acids is 1. The standard InChI is InChI=1S/C19H17ClN2O/c1-21-11-5-8-16(21)18-15-10-9-13(20)12-17(15)22(19(18)23)14-6-3-2-4-7-14/h2-4,6-7,9-10,12H,5,8,11H2,1H3/b18-16+. The first kappa shape index (κ1) is 14.3. The molecule has 0 atom stereocenters. The number of benzene rings is 2. The minimum Gasteiger partial charge on any atom is -0.377 e. The van der Waals surface area contributed by atoms with Crippen molar-refractivity contribution < 1.29 is 4.79 Å². The molecule has 0 N–H and O–H groups in total. The Morgan fingerprint density at radius 1 is 1.09 bits per heavy atom. The van der Waals surface area contributed by atoms with Gasteiger partial charge in [0.25, 0.3) is 5.91 Å². The highest BCUT2D eigenvalue weighted by molar-refractivity contribution is 6.37. The highest BCUT2D eigenvalue weighted by atomic mass is 35.5. The van der Waals surface area contributed by atoms with Crippen LogP contribution in [0.25, 0.3) is 5.57 Å². The Labute approximate surface area is 140 Å². The Hall–Kier alpha value is -2.26. The third-order valence-electron chi connectivity index (χ3n) is 4.56. The number of fused-ring (bicyclic) bond motifs is 1. The SMILES string of the molecule is CN1CCC/C1=C1\C(=O)N(c2ccccc2)c2cc(Cl)ccc21. The van der Waals surface area contributed by atoms with Gasteiger partial charge in [0.2, 0.25) is 0 Å². The zero-order valence-corrected chi connectivity index (χ0v) is 13.7. The Bertz CT molecular complexity index is 813. The van der Waals surface area contributed by atoms with E-state index in [0.29, 0.717) is 5.02 Å². The summed E-state index contributed by atoms with van der Waals surface area (Å²) >= 11 is 6.20. The third kappa shape index (κ3) is 2.23. The lowest BCUT2D eigenvalue weighted by Crippen LogP contribution is -2.22. The van der Waals surface area contributed by atoms with E-state index in [9.17, 15) is 4.79 Å². The number of carbonyl (C=O) groups is 1. The number of anilines is 2. The molecule has 2 aromatic rings. The molecule has 23 heavy (non-hydrogen) atoms. The van der Waals surface area contributed by atoms with Crippen molar-refractivity contribution in [1.29, 1.82) is 0 Å². The molecule has 0 unspecified atom stereocenters. The number of hydrogen-bond acceptors (Lipinski definition) is 2. The van der Waals surface area contributed by atoms with Gasteiger partial charge in [-0.1, -0.05) is 35.9 Å². The van der Waals surface area contributed by atoms with Gasteiger partial charge in [0.1, 0.15) is 0 Å². The van der Waals surface area contributed by atoms with Gasteiger partial charge in [0.15, 0.2) is 0 Å². The maximum Gasteiger partial charge on any atom is 0.265 e. The van der Waals surface area contributed by atoms with Gasteiger partial charge in [-0.3, -0.25) is 9.69 Å². The lowest BCUT2D eigenvalue weighted by molar-refractivity contribution is -0.112. The zero-order valence-electron chi connectivity index (χ0n) is 12.9. The fourth-order valence-corrected chi connectivity index (χ4v) is 3.64. The average Bonchev–Trinajstić information content (AvgIpc) is 3.08. The summed E-state index contributed by atoms with van der Waals surface area (Å²) in [5.41, 5.74) is 4.68. The van der Waals surface area contributed by atoms with Crippen molar-refractivity contribution in [1.82, 2.24) is 4.90 Å². The fourth-order valence-electron chi connectivity index (χ4n) is 3.48. The van der Waals surface area contributed by atoms with Gasteiger partial charge >= 0.3 is 0 Å². The van der Waals surface area contributed by atoms with Gasteiger partial charge in [0.05, 0.1) is 11.3 Å². The Morgan fingerprint density at radius 2 is 1.87 bits per heavy atom. The minimum absolute atomic E-state index is 0.0391. The molecule has 0 spiro atoms. The van der Waals surface area contributed by atoms with E-state index in [2.05, 4.69) is 11.9 Å². The van der Waals surface area contributed by atoms with Crippen LogP contribution in [0.5, 0.6) is 0 Å². The number of para-hydroxylation sites is 1. The number of halogens is 1. The highest BCUT2D eigenvalue weighted by Gasteiger charge is 2.37. The van der Waals surface area contributed by atoms with Crippen LogP contribution in [0.2, 0.25) is 5.02 Å². The van der Waals surface area contributed by atoms with Crippen molar-refractivity contribution in [3.05, 3.63) is 64.8 Å². The number of amides is 1. The van der Waals surface area contributed by atoms with E-state index in [0.717, 1.165) is 47.6 Å². The molecule has 0 aliphatic carbocycles. The summed E-state index contributed by atoms with van der Waals surface area (Å²) in [4.78, 5) is 17.2. The predicted octanol–water partition coefficient (Wildman–Crippen LogP) is 4.46. The van der Waals surface area contributed by atoms with Gasteiger partial charge in [0, 0.05) is 35.6 Å². The molecule has 0 saturated carbocycles. The van der Waals surface area contributed by atoms with Crippen LogP contribution in [-0.4, -0.2) is 24.4 Å². The van der Waals surface area contributed by atoms with E-state index in [1.54, 1.807) is 4.90 Å². The minimum atomic E-state index is 0.0391. The second kappa shape index (κ2) is 5.43. The topological polar surface area (TPSA) is 23.6 Å². The molecule has 2 heterocycles. The van der Waals surface area contributed by atoms with Crippen LogP contribution in [0.4, 0.5) is 11.4 Å². The maximum atomic E-state index is 13.2. The van der Waals surface area contributed by atoms with Gasteiger partial charge in [-0.25, -0.2) is 0 Å². The highest BCUT2D eigenvalue weighted by Crippen LogP contribution is 2.45. The Morgan fingerprint density at radius 3 is 2.57 bits per heavy atom. The second-order valence-corrected chi connectivity index (χ2v) is 6.42. The fraction of sp³-hybridized carbons (Fsp3) is 0.211. The normalized spacial score (nSPS) is 20.3. The molecular formula is C19H17ClN2O. The molecule has 1 saturated heterocycles. The van der Waals surface area contributed by atoms with Gasteiger partial charge in [-0.05, 0) is 37.1 Å². The van der Waals surface area contributed by atoms with E-state index in [4.69, 9.17) is 11.6 Å². The monoisotopic (exact) mass is 324 g/mol. The summed E-state index contributed by atoms with van der Waals surface area (Å²) in [7, 11) is 2.06. The maximum absolute atomic E-state index is 13.2. The van der Waals surface area contributed by atoms with Crippen molar-refractivity contribution in [3.8, 4) is 0 Å². The summed E-state index contributed by atoms with van der Waals surface area (Å²) in [6.07, 6.45) is 2.04. The average molecular weight is 325 g/mol. The van der Waals surface area contributed by atoms with E-state index >= 15 is 0 Å². The van der Waals surface area contributed by atoms with Crippen molar-refractivity contribution in [3.63, 3.8) is 0 Å². The molecule has 1 amide bonds. The van der Waals surface area contributed by atoms with Crippen molar-refractivity contribution >= 4 is 34.5 Å². The summed E-state index contributed by atoms with van der Waals surface area (Å²) in [6, 6.07) is 15.4. The number of hydrogen-bond donors (Lipinski definition) is 0. The molecule has 1 fully saturated rings. The molecule has 0 radical (unpaired) electrons. The van der Waals surface area contributed by atoms with E-state index in [-0.39, 0.29) is 5.91 Å². The van der Waals surface area contributed by atoms with Gasteiger partial charge in [-0.2, -0.15) is 0 Å². The first-order chi connectivity index (χ1) is 11.2. The van der Waals surface area contributed by atoms with Crippen LogP contribution in [0.15, 0.2) is 54.2 Å². The number of nitrogens with zero attached hydrogens (tertiary/aromatic N) is 2. The van der Waals surface area contributed by atoms with Gasteiger partial charge < -0.3 is 4.90 Å². The second-order valence-electron chi connectivity index (χ2n) is 5.98. The van der Waals surface area contributed by atoms with Crippen LogP contribution in [0.1, 0.15) is 18.4 Å². The molecule has 4 heteroatoms. The van der Waals surface area contributed by atoms with E-state index < -0.39 is 0 Å². The molecule has 2 aliphatic heterocycles. The molecule has 0 bridgehead atoms. The first-order valence-electron chi connectivity index (χ1n) is 7.80. The number of allylic oxidation sites excluding steroid dienone is 1. The van der Waals surface area contributed by atoms with Crippen molar-refractivity contribution in [2.75, 3.05) is 18.5 Å². The lowest BCUT2D eigenvalue weighted by atomic mass is 10.0. The first-order valence-corrected chi connectivity index (χ1v) is 8.18. The third-order valence-corrected chi connectivity index (χ3v) is 4.79. The number of likely N-dealkylation sites (tertiary alicyclic amines) is 1. The van der Waals surface area contributed by atoms with E-state index in [1.165, 1.54) is 0 Å². The van der Waals surface area contributed by atoms with Crippen molar-refractivity contribution in [2.45, 2.75) is 12.8 Å². The summed E-state index contributed by atoms with van der Waals surface area (Å²) in [5.74, 6) is 0.0391. The summed E-state index contributed by atoms with van der Waals surface area (Å²) < 4.78 is 0. The van der Waals surface area contributed by atoms with Crippen LogP contribution in [-0.2, 0) is 4.79 Å². The molecular weight excluding hydrogens is 308 g/mol. The van der Waals surface area contributed by atoms with Crippen LogP contribution < -0.4 is 4.90 Å². The summed E-state index contributed by atoms with van der Waals surface area (Å²) in [5, 5.41) is 0.642.